The summed E-state index contributed by atoms with van der Waals surface area (Å²) in [5, 5.41) is 1.12. The lowest BCUT2D eigenvalue weighted by molar-refractivity contribution is 0.288. The van der Waals surface area contributed by atoms with Crippen LogP contribution >= 0.6 is 11.3 Å². The number of rotatable bonds is 7. The second-order valence-corrected chi connectivity index (χ2v) is 5.25. The van der Waals surface area contributed by atoms with Gasteiger partial charge in [-0.25, -0.2) is 4.98 Å². The van der Waals surface area contributed by atoms with Crippen molar-refractivity contribution in [1.29, 1.82) is 0 Å². The number of hydrogen-bond acceptors (Lipinski definition) is 5. The van der Waals surface area contributed by atoms with Gasteiger partial charge in [-0.2, -0.15) is 0 Å². The van der Waals surface area contributed by atoms with Crippen molar-refractivity contribution in [2.75, 3.05) is 19.8 Å². The van der Waals surface area contributed by atoms with E-state index in [1.807, 2.05) is 26.0 Å². The molecule has 0 aliphatic rings. The molecule has 0 atom stereocenters. The fourth-order valence-electron chi connectivity index (χ4n) is 1.88. The zero-order valence-corrected chi connectivity index (χ0v) is 12.3. The fraction of sp³-hybridized carbons (Fsp3) is 0.500. The normalized spacial score (nSPS) is 10.9. The number of nitrogens with zero attached hydrogens (tertiary/aromatic N) is 1. The summed E-state index contributed by atoms with van der Waals surface area (Å²) < 4.78 is 12.4. The summed E-state index contributed by atoms with van der Waals surface area (Å²) in [4.78, 5) is 4.62. The van der Waals surface area contributed by atoms with Crippen molar-refractivity contribution >= 4 is 21.6 Å². The Kier molecular flexibility index (Phi) is 4.99. The molecule has 0 amide bonds. The van der Waals surface area contributed by atoms with E-state index < -0.39 is 0 Å². The monoisotopic (exact) mass is 280 g/mol. The highest BCUT2D eigenvalue weighted by molar-refractivity contribution is 7.18. The highest BCUT2D eigenvalue weighted by Gasteiger charge is 2.11. The van der Waals surface area contributed by atoms with Gasteiger partial charge in [0.05, 0.1) is 28.4 Å². The number of fused-ring (bicyclic) bond motifs is 1. The molecule has 2 aromatic rings. The molecule has 1 aromatic heterocycles. The molecular weight excluding hydrogens is 260 g/mol. The molecule has 0 saturated carbocycles. The molecule has 4 nitrogen and oxygen atoms in total. The van der Waals surface area contributed by atoms with E-state index in [4.69, 9.17) is 15.2 Å². The van der Waals surface area contributed by atoms with Gasteiger partial charge in [0, 0.05) is 18.6 Å². The zero-order chi connectivity index (χ0) is 13.7. The van der Waals surface area contributed by atoms with E-state index >= 15 is 0 Å². The molecule has 0 fully saturated rings. The second-order valence-electron chi connectivity index (χ2n) is 4.13. The first kappa shape index (κ1) is 14.1. The largest absolute Gasteiger partial charge is 0.490 e. The Hall–Kier alpha value is -1.33. The molecule has 104 valence electrons. The van der Waals surface area contributed by atoms with Crippen LogP contribution in [-0.2, 0) is 6.42 Å². The van der Waals surface area contributed by atoms with Crippen molar-refractivity contribution in [2.45, 2.75) is 26.7 Å². The first-order chi connectivity index (χ1) is 9.28. The van der Waals surface area contributed by atoms with E-state index in [0.29, 0.717) is 19.8 Å². The van der Waals surface area contributed by atoms with Crippen LogP contribution in [0.15, 0.2) is 12.1 Å². The molecule has 2 rings (SSSR count). The third-order valence-electron chi connectivity index (χ3n) is 2.69. The second kappa shape index (κ2) is 6.73. The summed E-state index contributed by atoms with van der Waals surface area (Å²) in [5.74, 6) is 1.57. The van der Waals surface area contributed by atoms with Crippen molar-refractivity contribution in [3.8, 4) is 11.5 Å². The van der Waals surface area contributed by atoms with Crippen molar-refractivity contribution in [3.63, 3.8) is 0 Å². The maximum absolute atomic E-state index is 5.62. The molecule has 19 heavy (non-hydrogen) atoms. The summed E-state index contributed by atoms with van der Waals surface area (Å²) in [7, 11) is 0. The molecular formula is C14H20N2O2S. The SMILES string of the molecule is CCOc1cc2nc(CCCN)sc2cc1OCC. The topological polar surface area (TPSA) is 57.4 Å². The van der Waals surface area contributed by atoms with Gasteiger partial charge in [0.15, 0.2) is 11.5 Å². The fourth-order valence-corrected chi connectivity index (χ4v) is 2.90. The lowest BCUT2D eigenvalue weighted by Gasteiger charge is -2.10. The highest BCUT2D eigenvalue weighted by Crippen LogP contribution is 2.35. The van der Waals surface area contributed by atoms with Gasteiger partial charge < -0.3 is 15.2 Å². The van der Waals surface area contributed by atoms with E-state index in [9.17, 15) is 0 Å². The quantitative estimate of drug-likeness (QED) is 0.847. The summed E-state index contributed by atoms with van der Waals surface area (Å²) >= 11 is 1.70. The number of thiazole rings is 1. The van der Waals surface area contributed by atoms with Gasteiger partial charge in [-0.3, -0.25) is 0 Å². The first-order valence-electron chi connectivity index (χ1n) is 6.67. The molecule has 0 unspecified atom stereocenters. The van der Waals surface area contributed by atoms with Crippen LogP contribution in [0.2, 0.25) is 0 Å². The van der Waals surface area contributed by atoms with Crippen LogP contribution in [0.5, 0.6) is 11.5 Å². The Morgan fingerprint density at radius 1 is 1.16 bits per heavy atom. The number of ether oxygens (including phenoxy) is 2. The number of aryl methyl sites for hydroxylation is 1. The summed E-state index contributed by atoms with van der Waals surface area (Å²) in [6.07, 6.45) is 1.90. The lowest BCUT2D eigenvalue weighted by atomic mass is 10.3. The van der Waals surface area contributed by atoms with Gasteiger partial charge >= 0.3 is 0 Å². The Morgan fingerprint density at radius 3 is 2.47 bits per heavy atom. The van der Waals surface area contributed by atoms with Gasteiger partial charge in [0.25, 0.3) is 0 Å². The van der Waals surface area contributed by atoms with Crippen LogP contribution in [-0.4, -0.2) is 24.7 Å². The van der Waals surface area contributed by atoms with Crippen molar-refractivity contribution < 1.29 is 9.47 Å². The predicted molar refractivity (Wildman–Crippen MR) is 79.3 cm³/mol. The van der Waals surface area contributed by atoms with Crippen molar-refractivity contribution in [3.05, 3.63) is 17.1 Å². The van der Waals surface area contributed by atoms with Crippen LogP contribution in [0.1, 0.15) is 25.3 Å². The maximum Gasteiger partial charge on any atom is 0.163 e. The molecule has 0 aliphatic heterocycles. The van der Waals surface area contributed by atoms with Crippen LogP contribution in [0.25, 0.3) is 10.2 Å². The van der Waals surface area contributed by atoms with Gasteiger partial charge in [0.1, 0.15) is 0 Å². The zero-order valence-electron chi connectivity index (χ0n) is 11.4. The third kappa shape index (κ3) is 3.36. The minimum atomic E-state index is 0.621. The standard InChI is InChI=1S/C14H20N2O2S/c1-3-17-11-8-10-13(9-12(11)18-4-2)19-14(16-10)6-5-7-15/h8-9H,3-7,15H2,1-2H3. The van der Waals surface area contributed by atoms with E-state index in [1.165, 1.54) is 0 Å². The molecule has 1 aromatic carbocycles. The molecule has 0 radical (unpaired) electrons. The Labute approximate surface area is 117 Å². The molecule has 2 N–H and O–H groups in total. The number of nitrogens with two attached hydrogens (primary N) is 1. The summed E-state index contributed by atoms with van der Waals surface area (Å²) in [5.41, 5.74) is 6.51. The smallest absolute Gasteiger partial charge is 0.163 e. The van der Waals surface area contributed by atoms with Crippen molar-refractivity contribution in [2.24, 2.45) is 5.73 Å². The predicted octanol–water partition coefficient (Wildman–Crippen LogP) is 2.99. The number of aromatic nitrogens is 1. The minimum absolute atomic E-state index is 0.621. The number of benzene rings is 1. The molecule has 0 aliphatic carbocycles. The van der Waals surface area contributed by atoms with Gasteiger partial charge in [-0.15, -0.1) is 11.3 Å². The molecule has 0 bridgehead atoms. The first-order valence-corrected chi connectivity index (χ1v) is 7.49. The van der Waals surface area contributed by atoms with Gasteiger partial charge in [0.2, 0.25) is 0 Å². The van der Waals surface area contributed by atoms with Crippen LogP contribution in [0, 0.1) is 0 Å². The average Bonchev–Trinajstić information content (AvgIpc) is 2.79. The van der Waals surface area contributed by atoms with Crippen LogP contribution in [0.4, 0.5) is 0 Å². The Morgan fingerprint density at radius 2 is 1.84 bits per heavy atom. The van der Waals surface area contributed by atoms with E-state index in [-0.39, 0.29) is 0 Å². The van der Waals surface area contributed by atoms with Gasteiger partial charge in [-0.1, -0.05) is 0 Å². The summed E-state index contributed by atoms with van der Waals surface area (Å²) in [6, 6.07) is 3.99. The minimum Gasteiger partial charge on any atom is -0.490 e. The maximum atomic E-state index is 5.62. The van der Waals surface area contributed by atoms with E-state index in [1.54, 1.807) is 11.3 Å². The molecule has 5 heteroatoms. The van der Waals surface area contributed by atoms with Gasteiger partial charge in [-0.05, 0) is 26.8 Å². The average molecular weight is 280 g/mol. The Bertz CT molecular complexity index is 496. The van der Waals surface area contributed by atoms with Crippen LogP contribution in [0.3, 0.4) is 0 Å². The molecule has 0 spiro atoms. The highest BCUT2D eigenvalue weighted by atomic mass is 32.1. The lowest BCUT2D eigenvalue weighted by Crippen LogP contribution is -1.99. The Balaban J connectivity index is 2.35. The number of hydrogen-bond donors (Lipinski definition) is 1. The molecule has 0 saturated heterocycles. The van der Waals surface area contributed by atoms with E-state index in [0.717, 1.165) is 39.6 Å². The molecule has 1 heterocycles. The van der Waals surface area contributed by atoms with E-state index in [2.05, 4.69) is 4.98 Å². The van der Waals surface area contributed by atoms with Crippen LogP contribution < -0.4 is 15.2 Å². The summed E-state index contributed by atoms with van der Waals surface area (Å²) in [6.45, 7) is 5.89. The van der Waals surface area contributed by atoms with Crippen molar-refractivity contribution in [1.82, 2.24) is 4.98 Å². The third-order valence-corrected chi connectivity index (χ3v) is 3.77.